The van der Waals surface area contributed by atoms with E-state index in [9.17, 15) is 9.59 Å². The summed E-state index contributed by atoms with van der Waals surface area (Å²) in [5, 5.41) is 10.9. The van der Waals surface area contributed by atoms with Crippen LogP contribution in [0.4, 0.5) is 4.79 Å². The number of carbonyl (C=O) groups excluding carboxylic acids is 2. The van der Waals surface area contributed by atoms with Gasteiger partial charge in [0, 0.05) is 18.6 Å². The average Bonchev–Trinajstić information content (AvgIpc) is 3.11. The van der Waals surface area contributed by atoms with Gasteiger partial charge in [-0.05, 0) is 32.9 Å². The van der Waals surface area contributed by atoms with E-state index in [0.29, 0.717) is 24.3 Å². The van der Waals surface area contributed by atoms with Gasteiger partial charge in [0.2, 0.25) is 0 Å². The number of rotatable bonds is 5. The van der Waals surface area contributed by atoms with Crippen molar-refractivity contribution in [1.29, 1.82) is 0 Å². The third kappa shape index (κ3) is 4.56. The summed E-state index contributed by atoms with van der Waals surface area (Å²) in [7, 11) is 1.34. The lowest BCUT2D eigenvalue weighted by atomic mass is 10.1. The van der Waals surface area contributed by atoms with Crippen molar-refractivity contribution in [3.8, 4) is 5.69 Å². The fourth-order valence-corrected chi connectivity index (χ4v) is 2.37. The van der Waals surface area contributed by atoms with E-state index in [4.69, 9.17) is 4.74 Å². The number of ether oxygens (including phenoxy) is 1. The van der Waals surface area contributed by atoms with Crippen molar-refractivity contribution in [2.75, 3.05) is 20.2 Å². The number of methoxy groups -OCH3 is 1. The van der Waals surface area contributed by atoms with Crippen LogP contribution in [0.5, 0.6) is 0 Å². The highest BCUT2D eigenvalue weighted by Gasteiger charge is 2.27. The minimum absolute atomic E-state index is 0.258. The number of amides is 2. The Morgan fingerprint density at radius 1 is 1.20 bits per heavy atom. The summed E-state index contributed by atoms with van der Waals surface area (Å²) in [5.74, 6) is -0.258. The zero-order valence-electron chi connectivity index (χ0n) is 14.9. The summed E-state index contributed by atoms with van der Waals surface area (Å²) >= 11 is 0. The van der Waals surface area contributed by atoms with E-state index in [2.05, 4.69) is 15.5 Å². The van der Waals surface area contributed by atoms with Gasteiger partial charge in [-0.2, -0.15) is 15.0 Å². The van der Waals surface area contributed by atoms with Gasteiger partial charge in [-0.15, -0.1) is 0 Å². The van der Waals surface area contributed by atoms with Crippen LogP contribution < -0.4 is 5.32 Å². The van der Waals surface area contributed by atoms with Gasteiger partial charge in [-0.25, -0.2) is 4.79 Å². The highest BCUT2D eigenvalue weighted by Crippen LogP contribution is 2.14. The molecule has 8 heteroatoms. The van der Waals surface area contributed by atoms with Crippen molar-refractivity contribution in [1.82, 2.24) is 25.2 Å². The number of para-hydroxylation sites is 1. The topological polar surface area (TPSA) is 89.4 Å². The Kier molecular flexibility index (Phi) is 5.74. The van der Waals surface area contributed by atoms with Gasteiger partial charge >= 0.3 is 6.09 Å². The van der Waals surface area contributed by atoms with Crippen molar-refractivity contribution < 1.29 is 14.3 Å². The molecular weight excluding hydrogens is 322 g/mol. The summed E-state index contributed by atoms with van der Waals surface area (Å²) < 4.78 is 4.80. The summed E-state index contributed by atoms with van der Waals surface area (Å²) in [5.41, 5.74) is 0.638. The molecule has 0 saturated carbocycles. The fourth-order valence-electron chi connectivity index (χ4n) is 2.37. The molecule has 0 atom stereocenters. The van der Waals surface area contributed by atoms with Crippen molar-refractivity contribution >= 4 is 12.0 Å². The lowest BCUT2D eigenvalue weighted by molar-refractivity contribution is 0.0804. The number of aromatic nitrogens is 3. The second-order valence-electron chi connectivity index (χ2n) is 6.38. The van der Waals surface area contributed by atoms with Crippen LogP contribution in [-0.4, -0.2) is 57.6 Å². The Morgan fingerprint density at radius 2 is 1.84 bits per heavy atom. The number of carbonyl (C=O) groups is 2. The van der Waals surface area contributed by atoms with Gasteiger partial charge in [-0.3, -0.25) is 4.79 Å². The van der Waals surface area contributed by atoms with Gasteiger partial charge in [0.1, 0.15) is 0 Å². The smallest absolute Gasteiger partial charge is 0.409 e. The Hall–Kier alpha value is -2.90. The third-order valence-electron chi connectivity index (χ3n) is 3.61. The van der Waals surface area contributed by atoms with Crippen LogP contribution in [0.3, 0.4) is 0 Å². The van der Waals surface area contributed by atoms with E-state index in [1.54, 1.807) is 35.5 Å². The Labute approximate surface area is 146 Å². The molecule has 0 aliphatic rings. The van der Waals surface area contributed by atoms with Gasteiger partial charge in [-0.1, -0.05) is 12.1 Å². The number of nitrogens with zero attached hydrogens (tertiary/aromatic N) is 4. The maximum Gasteiger partial charge on any atom is 0.409 e. The molecule has 0 unspecified atom stereocenters. The fraction of sp³-hybridized carbons (Fsp3) is 0.412. The molecule has 25 heavy (non-hydrogen) atoms. The molecule has 0 bridgehead atoms. The van der Waals surface area contributed by atoms with E-state index in [0.717, 1.165) is 0 Å². The quantitative estimate of drug-likeness (QED) is 0.893. The van der Waals surface area contributed by atoms with Crippen molar-refractivity contribution in [2.24, 2.45) is 0 Å². The first-order valence-corrected chi connectivity index (χ1v) is 7.94. The second-order valence-corrected chi connectivity index (χ2v) is 6.38. The first kappa shape index (κ1) is 18.4. The summed E-state index contributed by atoms with van der Waals surface area (Å²) in [6.45, 7) is 6.36. The van der Waals surface area contributed by atoms with Crippen molar-refractivity contribution in [3.63, 3.8) is 0 Å². The molecule has 0 aliphatic heterocycles. The summed E-state index contributed by atoms with van der Waals surface area (Å²) in [6, 6.07) is 7.06. The van der Waals surface area contributed by atoms with Gasteiger partial charge in [0.05, 0.1) is 30.8 Å². The molecule has 8 nitrogen and oxygen atoms in total. The molecule has 0 aliphatic carbocycles. The lowest BCUT2D eigenvalue weighted by Crippen LogP contribution is -2.49. The van der Waals surface area contributed by atoms with Crippen LogP contribution in [0.1, 0.15) is 31.1 Å². The Morgan fingerprint density at radius 3 is 2.44 bits per heavy atom. The first-order chi connectivity index (χ1) is 11.8. The van der Waals surface area contributed by atoms with E-state index < -0.39 is 11.6 Å². The largest absolute Gasteiger partial charge is 0.453 e. The normalized spacial score (nSPS) is 11.0. The Balaban J connectivity index is 2.05. The first-order valence-electron chi connectivity index (χ1n) is 7.94. The monoisotopic (exact) mass is 345 g/mol. The SMILES string of the molecule is COC(=O)N(CCNC(=O)c1ccccc1-n1nccn1)C(C)(C)C. The van der Waals surface area contributed by atoms with Crippen LogP contribution in [0, 0.1) is 0 Å². The molecular formula is C17H23N5O3. The van der Waals surface area contributed by atoms with Crippen LogP contribution in [-0.2, 0) is 4.74 Å². The van der Waals surface area contributed by atoms with Crippen LogP contribution in [0.2, 0.25) is 0 Å². The van der Waals surface area contributed by atoms with Gasteiger partial charge in [0.15, 0.2) is 0 Å². The maximum absolute atomic E-state index is 12.5. The van der Waals surface area contributed by atoms with Crippen LogP contribution in [0.15, 0.2) is 36.7 Å². The summed E-state index contributed by atoms with van der Waals surface area (Å²) in [6.07, 6.45) is 2.67. The third-order valence-corrected chi connectivity index (χ3v) is 3.61. The highest BCUT2D eigenvalue weighted by molar-refractivity contribution is 5.97. The molecule has 1 aromatic carbocycles. The second kappa shape index (κ2) is 7.78. The lowest BCUT2D eigenvalue weighted by Gasteiger charge is -2.34. The number of nitrogens with one attached hydrogen (secondary N) is 1. The zero-order valence-corrected chi connectivity index (χ0v) is 14.9. The summed E-state index contributed by atoms with van der Waals surface area (Å²) in [4.78, 5) is 27.4. The molecule has 1 heterocycles. The number of benzene rings is 1. The molecule has 0 spiro atoms. The van der Waals surface area contributed by atoms with Crippen LogP contribution in [0.25, 0.3) is 5.69 Å². The molecule has 1 aromatic heterocycles. The van der Waals surface area contributed by atoms with Crippen molar-refractivity contribution in [2.45, 2.75) is 26.3 Å². The minimum Gasteiger partial charge on any atom is -0.453 e. The van der Waals surface area contributed by atoms with Gasteiger partial charge < -0.3 is 15.0 Å². The van der Waals surface area contributed by atoms with Crippen LogP contribution >= 0.6 is 0 Å². The molecule has 2 amide bonds. The van der Waals surface area contributed by atoms with E-state index in [1.165, 1.54) is 11.9 Å². The maximum atomic E-state index is 12.5. The Bertz CT molecular complexity index is 722. The number of hydrogen-bond donors (Lipinski definition) is 1. The average molecular weight is 345 g/mol. The molecule has 2 aromatic rings. The molecule has 0 saturated heterocycles. The zero-order chi connectivity index (χ0) is 18.4. The van der Waals surface area contributed by atoms with Gasteiger partial charge in [0.25, 0.3) is 5.91 Å². The number of hydrogen-bond acceptors (Lipinski definition) is 5. The molecule has 2 rings (SSSR count). The molecule has 1 N–H and O–H groups in total. The molecule has 134 valence electrons. The predicted molar refractivity (Wildman–Crippen MR) is 92.6 cm³/mol. The van der Waals surface area contributed by atoms with E-state index >= 15 is 0 Å². The predicted octanol–water partition coefficient (Wildman–Crippen LogP) is 1.86. The van der Waals surface area contributed by atoms with E-state index in [1.807, 2.05) is 26.8 Å². The van der Waals surface area contributed by atoms with E-state index in [-0.39, 0.29) is 5.91 Å². The minimum atomic E-state index is -0.428. The molecule has 0 radical (unpaired) electrons. The highest BCUT2D eigenvalue weighted by atomic mass is 16.5. The molecule has 0 fully saturated rings. The standard InChI is InChI=1S/C17H23N5O3/c1-17(2,3)21(16(24)25-4)12-11-18-15(23)13-7-5-6-8-14(13)22-19-9-10-20-22/h5-10H,11-12H2,1-4H3,(H,18,23). The van der Waals surface area contributed by atoms with Crippen molar-refractivity contribution in [3.05, 3.63) is 42.2 Å².